The number of hydrogen-bond donors (Lipinski definition) is 1. The van der Waals surface area contributed by atoms with Crippen molar-refractivity contribution in [2.45, 2.75) is 39.3 Å². The molecule has 0 bridgehead atoms. The fourth-order valence-corrected chi connectivity index (χ4v) is 16.6. The van der Waals surface area contributed by atoms with Crippen LogP contribution in [-0.4, -0.2) is 58.7 Å². The van der Waals surface area contributed by atoms with Crippen LogP contribution in [0.3, 0.4) is 0 Å². The van der Waals surface area contributed by atoms with E-state index < -0.39 is 25.8 Å². The molecule has 0 aromatic carbocycles. The number of hydrogen-bond acceptors (Lipinski definition) is 3. The molecule has 0 saturated heterocycles. The third kappa shape index (κ3) is 3.91. The highest BCUT2D eigenvalue weighted by Crippen LogP contribution is 2.20. The average Bonchev–Trinajstić information content (AvgIpc) is 2.12. The number of rotatable bonds is 5. The second-order valence-electron chi connectivity index (χ2n) is 5.80. The minimum atomic E-state index is -1.38. The van der Waals surface area contributed by atoms with Gasteiger partial charge in [-0.2, -0.15) is 0 Å². The van der Waals surface area contributed by atoms with E-state index in [0.29, 0.717) is 0 Å². The second kappa shape index (κ2) is 5.39. The van der Waals surface area contributed by atoms with Crippen molar-refractivity contribution in [3.63, 3.8) is 0 Å². The topological polar surface area (TPSA) is 18.5 Å². The Bertz CT molecular complexity index is 205. The fourth-order valence-electron chi connectivity index (χ4n) is 1.72. The Labute approximate surface area is 103 Å². The molecule has 0 spiro atoms. The summed E-state index contributed by atoms with van der Waals surface area (Å²) < 4.78 is 9.02. The van der Waals surface area contributed by atoms with Crippen LogP contribution in [0, 0.1) is 0 Å². The molecule has 1 unspecified atom stereocenters. The zero-order valence-corrected chi connectivity index (χ0v) is 17.1. The molecule has 7 heteroatoms. The van der Waals surface area contributed by atoms with Crippen molar-refractivity contribution in [2.75, 3.05) is 14.1 Å². The third-order valence-corrected chi connectivity index (χ3v) is 20.3. The lowest BCUT2D eigenvalue weighted by molar-refractivity contribution is 0.626. The van der Waals surface area contributed by atoms with Gasteiger partial charge in [0.25, 0.3) is 0 Å². The van der Waals surface area contributed by atoms with Crippen LogP contribution in [-0.2, 0) is 0 Å². The smallest absolute Gasteiger partial charge is 0.187 e. The van der Waals surface area contributed by atoms with Gasteiger partial charge in [-0.3, -0.25) is 0 Å². The zero-order valence-electron chi connectivity index (χ0n) is 12.0. The predicted molar refractivity (Wildman–Crippen MR) is 82.4 cm³/mol. The van der Waals surface area contributed by atoms with Gasteiger partial charge in [0.05, 0.1) is 10.4 Å². The van der Waals surface area contributed by atoms with E-state index in [4.69, 9.17) is 0 Å². The first kappa shape index (κ1) is 15.7. The van der Waals surface area contributed by atoms with Crippen LogP contribution in [0.15, 0.2) is 0 Å². The molecule has 15 heavy (non-hydrogen) atoms. The van der Waals surface area contributed by atoms with Crippen LogP contribution >= 0.6 is 0 Å². The quantitative estimate of drug-likeness (QED) is 0.721. The first-order chi connectivity index (χ1) is 6.55. The molecule has 3 nitrogen and oxygen atoms in total. The number of nitrogens with zero attached hydrogens (tertiary/aromatic N) is 2. The highest BCUT2D eigenvalue weighted by atomic mass is 28.4. The van der Waals surface area contributed by atoms with Gasteiger partial charge in [0.15, 0.2) is 17.5 Å². The molecular formula is C8H29N3Si4. The molecule has 0 aromatic rings. The van der Waals surface area contributed by atoms with Crippen LogP contribution in [0.2, 0.25) is 39.3 Å². The van der Waals surface area contributed by atoms with Gasteiger partial charge in [0.2, 0.25) is 0 Å². The SMILES string of the molecule is CN([SiH](C)N[SiH3])[Si](C)(C)N(C)[Si](C)(C)C. The summed E-state index contributed by atoms with van der Waals surface area (Å²) in [4.78, 5) is 0. The monoisotopic (exact) mass is 279 g/mol. The maximum atomic E-state index is 3.60. The summed E-state index contributed by atoms with van der Waals surface area (Å²) >= 11 is 0. The van der Waals surface area contributed by atoms with Crippen LogP contribution in [0.5, 0.6) is 0 Å². The summed E-state index contributed by atoms with van der Waals surface area (Å²) in [6, 6.07) is 0. The molecule has 0 aliphatic heterocycles. The minimum Gasteiger partial charge on any atom is -0.358 e. The van der Waals surface area contributed by atoms with E-state index in [9.17, 15) is 0 Å². The molecule has 0 heterocycles. The van der Waals surface area contributed by atoms with Crippen LogP contribution in [0.1, 0.15) is 0 Å². The van der Waals surface area contributed by atoms with Gasteiger partial charge in [-0.15, -0.1) is 0 Å². The Morgan fingerprint density at radius 3 is 1.73 bits per heavy atom. The molecule has 0 aromatic heterocycles. The summed E-state index contributed by atoms with van der Waals surface area (Å²) in [7, 11) is 2.41. The van der Waals surface area contributed by atoms with Gasteiger partial charge >= 0.3 is 0 Å². The molecule has 0 fully saturated rings. The largest absolute Gasteiger partial charge is 0.358 e. The van der Waals surface area contributed by atoms with Crippen LogP contribution in [0.25, 0.3) is 0 Å². The van der Waals surface area contributed by atoms with Crippen molar-refractivity contribution < 1.29 is 0 Å². The maximum Gasteiger partial charge on any atom is 0.187 e. The van der Waals surface area contributed by atoms with E-state index in [0.717, 1.165) is 10.4 Å². The van der Waals surface area contributed by atoms with Gasteiger partial charge in [-0.25, -0.2) is 0 Å². The second-order valence-corrected chi connectivity index (χ2v) is 20.6. The van der Waals surface area contributed by atoms with Crippen molar-refractivity contribution in [1.82, 2.24) is 13.1 Å². The Kier molecular flexibility index (Phi) is 5.65. The summed E-state index contributed by atoms with van der Waals surface area (Å²) in [5.74, 6) is 0. The van der Waals surface area contributed by atoms with E-state index in [2.05, 4.69) is 66.5 Å². The molecule has 0 aliphatic carbocycles. The molecule has 0 radical (unpaired) electrons. The van der Waals surface area contributed by atoms with Gasteiger partial charge in [0.1, 0.15) is 8.24 Å². The maximum absolute atomic E-state index is 3.60. The van der Waals surface area contributed by atoms with Crippen molar-refractivity contribution in [2.24, 2.45) is 0 Å². The zero-order chi connectivity index (χ0) is 12.4. The minimum absolute atomic E-state index is 0.841. The number of nitrogens with one attached hydrogen (secondary N) is 1. The highest BCUT2D eigenvalue weighted by Gasteiger charge is 2.39. The Morgan fingerprint density at radius 2 is 1.47 bits per heavy atom. The molecule has 0 rings (SSSR count). The van der Waals surface area contributed by atoms with E-state index in [1.165, 1.54) is 0 Å². The molecule has 1 atom stereocenters. The molecule has 92 valence electrons. The van der Waals surface area contributed by atoms with E-state index >= 15 is 0 Å². The molecular weight excluding hydrogens is 250 g/mol. The first-order valence-corrected chi connectivity index (χ1v) is 15.3. The predicted octanol–water partition coefficient (Wildman–Crippen LogP) is 0.107. The fraction of sp³-hybridized carbons (Fsp3) is 1.00. The lowest BCUT2D eigenvalue weighted by atomic mass is 11.6. The highest BCUT2D eigenvalue weighted by molar-refractivity contribution is 6.92. The van der Waals surface area contributed by atoms with Crippen LogP contribution in [0.4, 0.5) is 0 Å². The van der Waals surface area contributed by atoms with E-state index in [1.54, 1.807) is 0 Å². The average molecular weight is 280 g/mol. The van der Waals surface area contributed by atoms with Gasteiger partial charge < -0.3 is 13.1 Å². The lowest BCUT2D eigenvalue weighted by Crippen LogP contribution is -2.70. The molecule has 0 aliphatic rings. The van der Waals surface area contributed by atoms with Gasteiger partial charge in [-0.1, -0.05) is 19.6 Å². The standard InChI is InChI=1S/C8H29N3Si4/c1-10(13(3)9-12)15(7,8)11(2)14(4,5)6/h9,13H,1-8,12H3. The Morgan fingerprint density at radius 1 is 1.07 bits per heavy atom. The van der Waals surface area contributed by atoms with E-state index in [1.807, 2.05) is 0 Å². The molecule has 1 N–H and O–H groups in total. The van der Waals surface area contributed by atoms with Crippen molar-refractivity contribution in [1.29, 1.82) is 0 Å². The lowest BCUT2D eigenvalue weighted by Gasteiger charge is -2.49. The van der Waals surface area contributed by atoms with E-state index in [-0.39, 0.29) is 0 Å². The summed E-state index contributed by atoms with van der Waals surface area (Å²) in [6.45, 7) is 14.7. The molecule has 0 amide bonds. The van der Waals surface area contributed by atoms with Crippen molar-refractivity contribution in [3.8, 4) is 0 Å². The summed E-state index contributed by atoms with van der Waals surface area (Å²) in [6.07, 6.45) is 0. The Balaban J connectivity index is 4.81. The first-order valence-electron chi connectivity index (χ1n) is 5.69. The third-order valence-electron chi connectivity index (χ3n) is 3.69. The van der Waals surface area contributed by atoms with Gasteiger partial charge in [0, 0.05) is 0 Å². The van der Waals surface area contributed by atoms with Crippen molar-refractivity contribution >= 4 is 36.2 Å². The van der Waals surface area contributed by atoms with Crippen molar-refractivity contribution in [3.05, 3.63) is 0 Å². The molecule has 0 saturated carbocycles. The Hall–Kier alpha value is 0.748. The normalized spacial score (nSPS) is 16.4. The summed E-state index contributed by atoms with van der Waals surface area (Å²) in [5.41, 5.74) is 0. The summed E-state index contributed by atoms with van der Waals surface area (Å²) in [5, 5.41) is 0. The van der Waals surface area contributed by atoms with Gasteiger partial charge in [-0.05, 0) is 33.7 Å². The van der Waals surface area contributed by atoms with Crippen LogP contribution < -0.4 is 4.65 Å².